The molecule has 1 heterocycles. The Labute approximate surface area is 112 Å². The lowest BCUT2D eigenvalue weighted by atomic mass is 9.98. The van der Waals surface area contributed by atoms with E-state index in [0.717, 1.165) is 23.4 Å². The van der Waals surface area contributed by atoms with Gasteiger partial charge in [-0.05, 0) is 34.7 Å². The van der Waals surface area contributed by atoms with E-state index < -0.39 is 0 Å². The third kappa shape index (κ3) is 4.50. The van der Waals surface area contributed by atoms with E-state index in [1.165, 1.54) is 0 Å². The van der Waals surface area contributed by atoms with Crippen LogP contribution in [0.15, 0.2) is 10.7 Å². The zero-order valence-corrected chi connectivity index (χ0v) is 12.5. The monoisotopic (exact) mass is 300 g/mol. The molecular weight excluding hydrogens is 280 g/mol. The van der Waals surface area contributed by atoms with Crippen LogP contribution in [0.25, 0.3) is 0 Å². The van der Waals surface area contributed by atoms with Crippen LogP contribution in [0.2, 0.25) is 0 Å². The second-order valence-electron chi connectivity index (χ2n) is 4.52. The van der Waals surface area contributed by atoms with Gasteiger partial charge in [0.1, 0.15) is 5.82 Å². The first-order valence-corrected chi connectivity index (χ1v) is 6.84. The molecule has 0 aliphatic rings. The van der Waals surface area contributed by atoms with Crippen LogP contribution >= 0.6 is 15.9 Å². The first-order chi connectivity index (χ1) is 8.04. The summed E-state index contributed by atoms with van der Waals surface area (Å²) >= 11 is 3.45. The minimum Gasteiger partial charge on any atom is -0.369 e. The van der Waals surface area contributed by atoms with Crippen LogP contribution in [0.4, 0.5) is 11.8 Å². The molecule has 96 valence electrons. The SMILES string of the molecule is CCNc1ncc(Br)c(NCC(C)C(C)C)n1. The van der Waals surface area contributed by atoms with Crippen LogP contribution in [-0.2, 0) is 0 Å². The van der Waals surface area contributed by atoms with Crippen molar-refractivity contribution in [2.24, 2.45) is 11.8 Å². The number of aromatic nitrogens is 2. The van der Waals surface area contributed by atoms with Crippen LogP contribution in [0.1, 0.15) is 27.7 Å². The van der Waals surface area contributed by atoms with E-state index in [0.29, 0.717) is 17.8 Å². The van der Waals surface area contributed by atoms with Crippen LogP contribution in [0, 0.1) is 11.8 Å². The third-order valence-electron chi connectivity index (χ3n) is 2.81. The normalized spacial score (nSPS) is 12.6. The maximum Gasteiger partial charge on any atom is 0.224 e. The van der Waals surface area contributed by atoms with E-state index in [9.17, 15) is 0 Å². The number of anilines is 2. The Kier molecular flexibility index (Phi) is 5.68. The Balaban J connectivity index is 2.66. The lowest BCUT2D eigenvalue weighted by molar-refractivity contribution is 0.439. The topological polar surface area (TPSA) is 49.8 Å². The highest BCUT2D eigenvalue weighted by atomic mass is 79.9. The molecule has 0 amide bonds. The Morgan fingerprint density at radius 2 is 2.00 bits per heavy atom. The summed E-state index contributed by atoms with van der Waals surface area (Å²) in [6.07, 6.45) is 1.77. The maximum atomic E-state index is 4.41. The summed E-state index contributed by atoms with van der Waals surface area (Å²) in [5.74, 6) is 2.79. The maximum absolute atomic E-state index is 4.41. The van der Waals surface area contributed by atoms with Crippen molar-refractivity contribution >= 4 is 27.7 Å². The fourth-order valence-electron chi connectivity index (χ4n) is 1.23. The fourth-order valence-corrected chi connectivity index (χ4v) is 1.56. The number of nitrogens with one attached hydrogen (secondary N) is 2. The van der Waals surface area contributed by atoms with Gasteiger partial charge in [-0.1, -0.05) is 20.8 Å². The number of hydrogen-bond donors (Lipinski definition) is 2. The largest absolute Gasteiger partial charge is 0.369 e. The molecule has 1 aromatic rings. The van der Waals surface area contributed by atoms with Crippen molar-refractivity contribution in [1.82, 2.24) is 9.97 Å². The second kappa shape index (κ2) is 6.79. The van der Waals surface area contributed by atoms with Gasteiger partial charge in [0.05, 0.1) is 4.47 Å². The van der Waals surface area contributed by atoms with Gasteiger partial charge < -0.3 is 10.6 Å². The van der Waals surface area contributed by atoms with Gasteiger partial charge in [0, 0.05) is 19.3 Å². The van der Waals surface area contributed by atoms with Crippen molar-refractivity contribution in [3.63, 3.8) is 0 Å². The molecule has 2 N–H and O–H groups in total. The molecule has 0 aromatic carbocycles. The van der Waals surface area contributed by atoms with Crippen molar-refractivity contribution in [3.05, 3.63) is 10.7 Å². The van der Waals surface area contributed by atoms with E-state index in [1.54, 1.807) is 6.20 Å². The van der Waals surface area contributed by atoms with E-state index >= 15 is 0 Å². The average Bonchev–Trinajstić information content (AvgIpc) is 2.29. The van der Waals surface area contributed by atoms with E-state index in [1.807, 2.05) is 6.92 Å². The molecule has 0 saturated heterocycles. The molecule has 5 heteroatoms. The van der Waals surface area contributed by atoms with Gasteiger partial charge in [-0.15, -0.1) is 0 Å². The zero-order chi connectivity index (χ0) is 12.8. The molecule has 4 nitrogen and oxygen atoms in total. The van der Waals surface area contributed by atoms with Crippen molar-refractivity contribution in [2.45, 2.75) is 27.7 Å². The minimum absolute atomic E-state index is 0.611. The molecule has 1 rings (SSSR count). The summed E-state index contributed by atoms with van der Waals surface area (Å²) in [5, 5.41) is 6.46. The first kappa shape index (κ1) is 14.2. The van der Waals surface area contributed by atoms with E-state index in [-0.39, 0.29) is 0 Å². The van der Waals surface area contributed by atoms with E-state index in [4.69, 9.17) is 0 Å². The average molecular weight is 301 g/mol. The third-order valence-corrected chi connectivity index (χ3v) is 3.39. The Morgan fingerprint density at radius 3 is 2.59 bits per heavy atom. The lowest BCUT2D eigenvalue weighted by Gasteiger charge is -2.17. The molecular formula is C12H21BrN4. The van der Waals surface area contributed by atoms with Crippen LogP contribution in [-0.4, -0.2) is 23.1 Å². The Hall–Kier alpha value is -0.840. The quantitative estimate of drug-likeness (QED) is 0.846. The van der Waals surface area contributed by atoms with Gasteiger partial charge in [-0.3, -0.25) is 0 Å². The zero-order valence-electron chi connectivity index (χ0n) is 10.9. The predicted molar refractivity (Wildman–Crippen MR) is 76.4 cm³/mol. The van der Waals surface area contributed by atoms with Gasteiger partial charge in [0.2, 0.25) is 5.95 Å². The van der Waals surface area contributed by atoms with Crippen LogP contribution in [0.3, 0.4) is 0 Å². The lowest BCUT2D eigenvalue weighted by Crippen LogP contribution is -2.17. The fraction of sp³-hybridized carbons (Fsp3) is 0.667. The van der Waals surface area contributed by atoms with Gasteiger partial charge in [0.25, 0.3) is 0 Å². The molecule has 0 fully saturated rings. The molecule has 1 aromatic heterocycles. The Morgan fingerprint density at radius 1 is 1.29 bits per heavy atom. The van der Waals surface area contributed by atoms with Crippen molar-refractivity contribution in [2.75, 3.05) is 23.7 Å². The van der Waals surface area contributed by atoms with Crippen LogP contribution < -0.4 is 10.6 Å². The van der Waals surface area contributed by atoms with Gasteiger partial charge in [-0.2, -0.15) is 4.98 Å². The number of rotatable bonds is 6. The van der Waals surface area contributed by atoms with Gasteiger partial charge in [-0.25, -0.2) is 4.98 Å². The number of halogens is 1. The van der Waals surface area contributed by atoms with Crippen molar-refractivity contribution in [1.29, 1.82) is 0 Å². The molecule has 0 radical (unpaired) electrons. The molecule has 17 heavy (non-hydrogen) atoms. The van der Waals surface area contributed by atoms with Crippen LogP contribution in [0.5, 0.6) is 0 Å². The van der Waals surface area contributed by atoms with Gasteiger partial charge in [0.15, 0.2) is 0 Å². The highest BCUT2D eigenvalue weighted by molar-refractivity contribution is 9.10. The molecule has 1 atom stereocenters. The summed E-state index contributed by atoms with van der Waals surface area (Å²) in [6, 6.07) is 0. The van der Waals surface area contributed by atoms with E-state index in [2.05, 4.69) is 57.3 Å². The number of hydrogen-bond acceptors (Lipinski definition) is 4. The molecule has 0 aliphatic carbocycles. The standard InChI is InChI=1S/C12H21BrN4/c1-5-14-12-16-7-10(13)11(17-12)15-6-9(4)8(2)3/h7-9H,5-6H2,1-4H3,(H2,14,15,16,17). The molecule has 0 saturated carbocycles. The van der Waals surface area contributed by atoms with Crippen molar-refractivity contribution < 1.29 is 0 Å². The smallest absolute Gasteiger partial charge is 0.224 e. The summed E-state index contributed by atoms with van der Waals surface area (Å²) in [7, 11) is 0. The predicted octanol–water partition coefficient (Wildman–Crippen LogP) is 3.37. The first-order valence-electron chi connectivity index (χ1n) is 6.04. The molecule has 0 bridgehead atoms. The minimum atomic E-state index is 0.611. The summed E-state index contributed by atoms with van der Waals surface area (Å²) in [4.78, 5) is 8.59. The van der Waals surface area contributed by atoms with Crippen molar-refractivity contribution in [3.8, 4) is 0 Å². The summed E-state index contributed by atoms with van der Waals surface area (Å²) < 4.78 is 0.898. The molecule has 1 unspecified atom stereocenters. The number of nitrogens with zero attached hydrogens (tertiary/aromatic N) is 2. The highest BCUT2D eigenvalue weighted by Gasteiger charge is 2.09. The molecule has 0 spiro atoms. The molecule has 0 aliphatic heterocycles. The van der Waals surface area contributed by atoms with Gasteiger partial charge >= 0.3 is 0 Å². The Bertz CT molecular complexity index is 354. The highest BCUT2D eigenvalue weighted by Crippen LogP contribution is 2.21. The summed E-state index contributed by atoms with van der Waals surface area (Å²) in [6.45, 7) is 10.5. The second-order valence-corrected chi connectivity index (χ2v) is 5.38. The summed E-state index contributed by atoms with van der Waals surface area (Å²) in [5.41, 5.74) is 0.